The summed E-state index contributed by atoms with van der Waals surface area (Å²) in [6.07, 6.45) is 3.84. The first kappa shape index (κ1) is 15.5. The highest BCUT2D eigenvalue weighted by atomic mass is 15.3. The summed E-state index contributed by atoms with van der Waals surface area (Å²) in [6, 6.07) is 0.336. The van der Waals surface area contributed by atoms with Crippen LogP contribution in [0.1, 0.15) is 57.8 Å². The molecule has 21 heavy (non-hydrogen) atoms. The molecule has 0 aliphatic heterocycles. The van der Waals surface area contributed by atoms with Crippen LogP contribution in [0.25, 0.3) is 11.4 Å². The van der Waals surface area contributed by atoms with E-state index >= 15 is 0 Å². The van der Waals surface area contributed by atoms with E-state index in [1.165, 1.54) is 5.56 Å². The smallest absolute Gasteiger partial charge is 0.164 e. The van der Waals surface area contributed by atoms with Gasteiger partial charge in [0.05, 0.1) is 11.8 Å². The van der Waals surface area contributed by atoms with Crippen molar-refractivity contribution in [1.29, 1.82) is 0 Å². The van der Waals surface area contributed by atoms with Crippen molar-refractivity contribution in [3.63, 3.8) is 0 Å². The van der Waals surface area contributed by atoms with Gasteiger partial charge in [-0.2, -0.15) is 5.10 Å². The number of aromatic nitrogens is 4. The van der Waals surface area contributed by atoms with Crippen molar-refractivity contribution >= 4 is 5.82 Å². The first-order valence-corrected chi connectivity index (χ1v) is 7.61. The third-order valence-corrected chi connectivity index (χ3v) is 3.45. The van der Waals surface area contributed by atoms with E-state index in [1.807, 2.05) is 24.0 Å². The van der Waals surface area contributed by atoms with Gasteiger partial charge in [-0.05, 0) is 33.6 Å². The maximum atomic E-state index is 4.71. The van der Waals surface area contributed by atoms with Gasteiger partial charge in [0.1, 0.15) is 5.82 Å². The summed E-state index contributed by atoms with van der Waals surface area (Å²) in [6.45, 7) is 13.5. The lowest BCUT2D eigenvalue weighted by Gasteiger charge is -2.16. The normalized spacial score (nSPS) is 11.4. The van der Waals surface area contributed by atoms with Gasteiger partial charge in [-0.25, -0.2) is 9.97 Å². The van der Waals surface area contributed by atoms with Crippen LogP contribution in [-0.2, 0) is 0 Å². The summed E-state index contributed by atoms with van der Waals surface area (Å²) in [5, 5.41) is 7.73. The molecule has 0 spiro atoms. The van der Waals surface area contributed by atoms with E-state index in [1.54, 1.807) is 0 Å². The number of hydrogen-bond donors (Lipinski definition) is 1. The predicted octanol–water partition coefficient (Wildman–Crippen LogP) is 3.78. The molecule has 2 aromatic heterocycles. The second kappa shape index (κ2) is 6.24. The maximum Gasteiger partial charge on any atom is 0.164 e. The largest absolute Gasteiger partial charge is 0.370 e. The van der Waals surface area contributed by atoms with Crippen molar-refractivity contribution in [2.75, 3.05) is 11.9 Å². The van der Waals surface area contributed by atoms with E-state index in [0.717, 1.165) is 29.4 Å². The lowest BCUT2D eigenvalue weighted by atomic mass is 10.0. The second-order valence-electron chi connectivity index (χ2n) is 5.88. The first-order chi connectivity index (χ1) is 9.93. The lowest BCUT2D eigenvalue weighted by molar-refractivity contribution is 0.532. The first-order valence-electron chi connectivity index (χ1n) is 7.61. The Bertz CT molecular complexity index is 613. The number of hydrogen-bond acceptors (Lipinski definition) is 4. The van der Waals surface area contributed by atoms with Crippen molar-refractivity contribution in [1.82, 2.24) is 19.7 Å². The fourth-order valence-electron chi connectivity index (χ4n) is 2.44. The molecule has 2 rings (SSSR count). The summed E-state index contributed by atoms with van der Waals surface area (Å²) >= 11 is 0. The van der Waals surface area contributed by atoms with Crippen LogP contribution in [0.15, 0.2) is 12.4 Å². The van der Waals surface area contributed by atoms with Crippen molar-refractivity contribution in [2.45, 2.75) is 53.5 Å². The zero-order chi connectivity index (χ0) is 15.6. The maximum absolute atomic E-state index is 4.71. The molecular formula is C16H25N5. The van der Waals surface area contributed by atoms with Crippen LogP contribution >= 0.6 is 0 Å². The summed E-state index contributed by atoms with van der Waals surface area (Å²) in [5.74, 6) is 2.07. The van der Waals surface area contributed by atoms with Gasteiger partial charge in [0.25, 0.3) is 0 Å². The fourth-order valence-corrected chi connectivity index (χ4v) is 2.44. The minimum Gasteiger partial charge on any atom is -0.370 e. The van der Waals surface area contributed by atoms with Gasteiger partial charge in [-0.3, -0.25) is 4.68 Å². The van der Waals surface area contributed by atoms with E-state index in [0.29, 0.717) is 12.0 Å². The zero-order valence-electron chi connectivity index (χ0n) is 13.8. The number of rotatable bonds is 5. The van der Waals surface area contributed by atoms with Crippen LogP contribution in [0, 0.1) is 6.92 Å². The molecule has 2 heterocycles. The van der Waals surface area contributed by atoms with Gasteiger partial charge in [0.15, 0.2) is 5.82 Å². The Labute approximate surface area is 126 Å². The topological polar surface area (TPSA) is 55.6 Å². The molecule has 0 aliphatic carbocycles. The molecule has 0 atom stereocenters. The second-order valence-corrected chi connectivity index (χ2v) is 5.88. The van der Waals surface area contributed by atoms with E-state index < -0.39 is 0 Å². The van der Waals surface area contributed by atoms with Gasteiger partial charge in [0.2, 0.25) is 0 Å². The van der Waals surface area contributed by atoms with Crippen LogP contribution in [0.2, 0.25) is 0 Å². The average molecular weight is 287 g/mol. The number of nitrogens with zero attached hydrogens (tertiary/aromatic N) is 4. The zero-order valence-corrected chi connectivity index (χ0v) is 13.8. The fraction of sp³-hybridized carbons (Fsp3) is 0.562. The van der Waals surface area contributed by atoms with E-state index in [2.05, 4.69) is 50.0 Å². The van der Waals surface area contributed by atoms with Gasteiger partial charge in [-0.15, -0.1) is 0 Å². The Morgan fingerprint density at radius 2 is 1.90 bits per heavy atom. The minimum absolute atomic E-state index is 0.336. The average Bonchev–Trinajstić information content (AvgIpc) is 2.87. The third kappa shape index (κ3) is 3.23. The van der Waals surface area contributed by atoms with Gasteiger partial charge in [0, 0.05) is 30.0 Å². The molecule has 0 unspecified atom stereocenters. The Morgan fingerprint density at radius 3 is 2.43 bits per heavy atom. The molecule has 1 N–H and O–H groups in total. The molecule has 0 bridgehead atoms. The molecule has 0 amide bonds. The van der Waals surface area contributed by atoms with Gasteiger partial charge < -0.3 is 5.32 Å². The van der Waals surface area contributed by atoms with Crippen LogP contribution in [0.4, 0.5) is 5.82 Å². The molecule has 114 valence electrons. The molecule has 2 aromatic rings. The van der Waals surface area contributed by atoms with Crippen LogP contribution in [0.5, 0.6) is 0 Å². The molecular weight excluding hydrogens is 262 g/mol. The van der Waals surface area contributed by atoms with Crippen molar-refractivity contribution in [3.05, 3.63) is 23.7 Å². The molecule has 0 saturated heterocycles. The van der Waals surface area contributed by atoms with Gasteiger partial charge >= 0.3 is 0 Å². The summed E-state index contributed by atoms with van der Waals surface area (Å²) in [5.41, 5.74) is 3.18. The van der Waals surface area contributed by atoms with Gasteiger partial charge in [-0.1, -0.05) is 13.8 Å². The SMILES string of the molecule is CCNc1nc(-c2cnn(C(C)C)c2)nc(C)c1C(C)C. The van der Waals surface area contributed by atoms with Crippen LogP contribution in [-0.4, -0.2) is 26.3 Å². The van der Waals surface area contributed by atoms with Crippen molar-refractivity contribution in [2.24, 2.45) is 0 Å². The Balaban J connectivity index is 2.49. The molecule has 0 fully saturated rings. The molecule has 0 aliphatic rings. The molecule has 5 nitrogen and oxygen atoms in total. The third-order valence-electron chi connectivity index (χ3n) is 3.45. The Kier molecular flexibility index (Phi) is 4.60. The highest BCUT2D eigenvalue weighted by Crippen LogP contribution is 2.28. The standard InChI is InChI=1S/C16H25N5/c1-7-17-16-14(10(2)3)12(6)19-15(20-16)13-8-18-21(9-13)11(4)5/h8-11H,7H2,1-6H3,(H,17,19,20). The predicted molar refractivity (Wildman–Crippen MR) is 86.6 cm³/mol. The van der Waals surface area contributed by atoms with E-state index in [4.69, 9.17) is 4.98 Å². The van der Waals surface area contributed by atoms with E-state index in [-0.39, 0.29) is 0 Å². The number of aryl methyl sites for hydroxylation is 1. The van der Waals surface area contributed by atoms with E-state index in [9.17, 15) is 0 Å². The number of anilines is 1. The summed E-state index contributed by atoms with van der Waals surface area (Å²) in [7, 11) is 0. The molecule has 0 radical (unpaired) electrons. The monoisotopic (exact) mass is 287 g/mol. The quantitative estimate of drug-likeness (QED) is 0.909. The van der Waals surface area contributed by atoms with Crippen LogP contribution < -0.4 is 5.32 Å². The molecule has 0 aromatic carbocycles. The van der Waals surface area contributed by atoms with Crippen molar-refractivity contribution < 1.29 is 0 Å². The number of nitrogens with one attached hydrogen (secondary N) is 1. The molecule has 5 heteroatoms. The highest BCUT2D eigenvalue weighted by Gasteiger charge is 2.16. The summed E-state index contributed by atoms with van der Waals surface area (Å²) in [4.78, 5) is 9.39. The lowest BCUT2D eigenvalue weighted by Crippen LogP contribution is -2.09. The minimum atomic E-state index is 0.336. The van der Waals surface area contributed by atoms with Crippen molar-refractivity contribution in [3.8, 4) is 11.4 Å². The Hall–Kier alpha value is -1.91. The van der Waals surface area contributed by atoms with Crippen LogP contribution in [0.3, 0.4) is 0 Å². The highest BCUT2D eigenvalue weighted by molar-refractivity contribution is 5.59. The Morgan fingerprint density at radius 1 is 1.19 bits per heavy atom. The summed E-state index contributed by atoms with van der Waals surface area (Å²) < 4.78 is 1.93. The molecule has 0 saturated carbocycles.